The lowest BCUT2D eigenvalue weighted by Crippen LogP contribution is -2.17. The molecule has 0 aliphatic carbocycles. The van der Waals surface area contributed by atoms with Crippen LogP contribution in [0.25, 0.3) is 0 Å². The van der Waals surface area contributed by atoms with Crippen molar-refractivity contribution in [3.63, 3.8) is 0 Å². The SMILES string of the molecule is CCNCc1ccnc(N(C)c2cccc(F)c2)c1F. The number of benzene rings is 1. The summed E-state index contributed by atoms with van der Waals surface area (Å²) in [6.07, 6.45) is 1.56. The minimum atomic E-state index is -0.389. The Morgan fingerprint density at radius 1 is 1.25 bits per heavy atom. The van der Waals surface area contributed by atoms with E-state index >= 15 is 0 Å². The second kappa shape index (κ2) is 6.43. The molecule has 0 fully saturated rings. The van der Waals surface area contributed by atoms with Gasteiger partial charge in [0.15, 0.2) is 11.6 Å². The first-order chi connectivity index (χ1) is 9.63. The van der Waals surface area contributed by atoms with Crippen molar-refractivity contribution in [1.29, 1.82) is 0 Å². The van der Waals surface area contributed by atoms with Gasteiger partial charge in [-0.2, -0.15) is 0 Å². The molecule has 3 nitrogen and oxygen atoms in total. The van der Waals surface area contributed by atoms with Crippen LogP contribution in [0.2, 0.25) is 0 Å². The Labute approximate surface area is 117 Å². The number of hydrogen-bond acceptors (Lipinski definition) is 3. The van der Waals surface area contributed by atoms with Gasteiger partial charge in [0.2, 0.25) is 0 Å². The molecule has 1 aromatic carbocycles. The fourth-order valence-corrected chi connectivity index (χ4v) is 1.91. The van der Waals surface area contributed by atoms with Crippen LogP contribution in [-0.2, 0) is 6.54 Å². The van der Waals surface area contributed by atoms with Crippen LogP contribution in [0, 0.1) is 11.6 Å². The van der Waals surface area contributed by atoms with Crippen molar-refractivity contribution in [3.8, 4) is 0 Å². The van der Waals surface area contributed by atoms with E-state index in [0.29, 0.717) is 17.8 Å². The summed E-state index contributed by atoms with van der Waals surface area (Å²) < 4.78 is 27.6. The smallest absolute Gasteiger partial charge is 0.170 e. The normalized spacial score (nSPS) is 10.6. The van der Waals surface area contributed by atoms with E-state index in [1.165, 1.54) is 17.0 Å². The van der Waals surface area contributed by atoms with E-state index in [-0.39, 0.29) is 17.5 Å². The maximum absolute atomic E-state index is 14.4. The summed E-state index contributed by atoms with van der Waals surface area (Å²) in [7, 11) is 1.66. The predicted octanol–water partition coefficient (Wildman–Crippen LogP) is 3.24. The minimum absolute atomic E-state index is 0.186. The molecule has 1 heterocycles. The number of halogens is 2. The van der Waals surface area contributed by atoms with Crippen molar-refractivity contribution in [2.24, 2.45) is 0 Å². The lowest BCUT2D eigenvalue weighted by molar-refractivity contribution is 0.587. The predicted molar refractivity (Wildman–Crippen MR) is 76.0 cm³/mol. The van der Waals surface area contributed by atoms with Gasteiger partial charge in [-0.05, 0) is 30.8 Å². The third-order valence-corrected chi connectivity index (χ3v) is 3.03. The molecular weight excluding hydrogens is 260 g/mol. The number of aromatic nitrogens is 1. The largest absolute Gasteiger partial charge is 0.327 e. The van der Waals surface area contributed by atoms with Crippen LogP contribution in [0.1, 0.15) is 12.5 Å². The first kappa shape index (κ1) is 14.4. The summed E-state index contributed by atoms with van der Waals surface area (Å²) in [6, 6.07) is 7.63. The van der Waals surface area contributed by atoms with Gasteiger partial charge in [0.1, 0.15) is 5.82 Å². The number of pyridine rings is 1. The Hall–Kier alpha value is -2.01. The molecular formula is C15H17F2N3. The molecule has 0 saturated carbocycles. The summed E-state index contributed by atoms with van der Waals surface area (Å²) in [6.45, 7) is 3.16. The highest BCUT2D eigenvalue weighted by atomic mass is 19.1. The number of nitrogens with zero attached hydrogens (tertiary/aromatic N) is 2. The van der Waals surface area contributed by atoms with Gasteiger partial charge >= 0.3 is 0 Å². The van der Waals surface area contributed by atoms with Crippen LogP contribution >= 0.6 is 0 Å². The third kappa shape index (κ3) is 3.11. The Bertz CT molecular complexity index is 587. The van der Waals surface area contributed by atoms with Gasteiger partial charge < -0.3 is 10.2 Å². The second-order valence-electron chi connectivity index (χ2n) is 4.43. The molecule has 2 aromatic rings. The minimum Gasteiger partial charge on any atom is -0.327 e. The number of anilines is 2. The molecule has 0 unspecified atom stereocenters. The van der Waals surface area contributed by atoms with Crippen LogP contribution in [0.3, 0.4) is 0 Å². The molecule has 0 aliphatic heterocycles. The topological polar surface area (TPSA) is 28.2 Å². The molecule has 0 aliphatic rings. The molecule has 2 rings (SSSR count). The van der Waals surface area contributed by atoms with E-state index < -0.39 is 0 Å². The zero-order valence-electron chi connectivity index (χ0n) is 11.5. The number of hydrogen-bond donors (Lipinski definition) is 1. The van der Waals surface area contributed by atoms with E-state index in [1.807, 2.05) is 6.92 Å². The molecule has 0 saturated heterocycles. The van der Waals surface area contributed by atoms with Crippen molar-refractivity contribution in [1.82, 2.24) is 10.3 Å². The van der Waals surface area contributed by atoms with Crippen LogP contribution in [0.5, 0.6) is 0 Å². The monoisotopic (exact) mass is 277 g/mol. The summed E-state index contributed by atoms with van der Waals surface area (Å²) >= 11 is 0. The van der Waals surface area contributed by atoms with E-state index in [4.69, 9.17) is 0 Å². The van der Waals surface area contributed by atoms with Gasteiger partial charge in [0.05, 0.1) is 0 Å². The highest BCUT2D eigenvalue weighted by Gasteiger charge is 2.14. The standard InChI is InChI=1S/C15H17F2N3/c1-3-18-10-11-7-8-19-15(14(11)17)20(2)13-6-4-5-12(16)9-13/h4-9,18H,3,10H2,1-2H3. The van der Waals surface area contributed by atoms with E-state index in [1.54, 1.807) is 31.4 Å². The van der Waals surface area contributed by atoms with E-state index in [2.05, 4.69) is 10.3 Å². The van der Waals surface area contributed by atoms with Crippen LogP contribution < -0.4 is 10.2 Å². The molecule has 0 bridgehead atoms. The summed E-state index contributed by atoms with van der Waals surface area (Å²) in [5.74, 6) is -0.565. The Morgan fingerprint density at radius 2 is 2.05 bits per heavy atom. The van der Waals surface area contributed by atoms with E-state index in [9.17, 15) is 8.78 Å². The van der Waals surface area contributed by atoms with Gasteiger partial charge in [-0.1, -0.05) is 13.0 Å². The fraction of sp³-hybridized carbons (Fsp3) is 0.267. The van der Waals surface area contributed by atoms with Crippen molar-refractivity contribution < 1.29 is 8.78 Å². The number of rotatable bonds is 5. The van der Waals surface area contributed by atoms with Crippen molar-refractivity contribution in [2.75, 3.05) is 18.5 Å². The highest BCUT2D eigenvalue weighted by molar-refractivity contribution is 5.60. The third-order valence-electron chi connectivity index (χ3n) is 3.03. The van der Waals surface area contributed by atoms with Crippen molar-refractivity contribution in [3.05, 3.63) is 53.7 Å². The molecule has 0 amide bonds. The lowest BCUT2D eigenvalue weighted by atomic mass is 10.2. The van der Waals surface area contributed by atoms with Crippen molar-refractivity contribution >= 4 is 11.5 Å². The molecule has 106 valence electrons. The highest BCUT2D eigenvalue weighted by Crippen LogP contribution is 2.26. The van der Waals surface area contributed by atoms with Gasteiger partial charge in [-0.3, -0.25) is 0 Å². The Balaban J connectivity index is 2.32. The van der Waals surface area contributed by atoms with E-state index in [0.717, 1.165) is 6.54 Å². The first-order valence-corrected chi connectivity index (χ1v) is 6.47. The summed E-state index contributed by atoms with van der Waals surface area (Å²) in [4.78, 5) is 5.59. The molecule has 1 aromatic heterocycles. The molecule has 0 radical (unpaired) electrons. The number of nitrogens with one attached hydrogen (secondary N) is 1. The second-order valence-corrected chi connectivity index (χ2v) is 4.43. The quantitative estimate of drug-likeness (QED) is 0.909. The van der Waals surface area contributed by atoms with Crippen LogP contribution in [-0.4, -0.2) is 18.6 Å². The summed E-state index contributed by atoms with van der Waals surface area (Å²) in [5, 5.41) is 3.07. The van der Waals surface area contributed by atoms with Gasteiger partial charge in [-0.15, -0.1) is 0 Å². The fourth-order valence-electron chi connectivity index (χ4n) is 1.91. The summed E-state index contributed by atoms with van der Waals surface area (Å²) in [5.41, 5.74) is 1.09. The Morgan fingerprint density at radius 3 is 2.75 bits per heavy atom. The molecule has 5 heteroatoms. The molecule has 20 heavy (non-hydrogen) atoms. The maximum atomic E-state index is 14.4. The van der Waals surface area contributed by atoms with Gasteiger partial charge in [-0.25, -0.2) is 13.8 Å². The molecule has 1 N–H and O–H groups in total. The van der Waals surface area contributed by atoms with Crippen LogP contribution in [0.15, 0.2) is 36.5 Å². The zero-order chi connectivity index (χ0) is 14.5. The zero-order valence-corrected chi connectivity index (χ0v) is 11.5. The van der Waals surface area contributed by atoms with Gasteiger partial charge in [0, 0.05) is 31.0 Å². The first-order valence-electron chi connectivity index (χ1n) is 6.47. The lowest BCUT2D eigenvalue weighted by Gasteiger charge is -2.20. The van der Waals surface area contributed by atoms with Crippen molar-refractivity contribution in [2.45, 2.75) is 13.5 Å². The van der Waals surface area contributed by atoms with Gasteiger partial charge in [0.25, 0.3) is 0 Å². The van der Waals surface area contributed by atoms with Crippen LogP contribution in [0.4, 0.5) is 20.3 Å². The average molecular weight is 277 g/mol. The average Bonchev–Trinajstić information content (AvgIpc) is 2.45. The molecule has 0 spiro atoms. The molecule has 0 atom stereocenters. The maximum Gasteiger partial charge on any atom is 0.170 e. The Kier molecular flexibility index (Phi) is 4.63.